The van der Waals surface area contributed by atoms with Crippen molar-refractivity contribution in [2.24, 2.45) is 0 Å². The van der Waals surface area contributed by atoms with Crippen LogP contribution >= 0.6 is 0 Å². The first-order valence-electron chi connectivity index (χ1n) is 4.14. The molecule has 0 aliphatic heterocycles. The third-order valence-corrected chi connectivity index (χ3v) is 1.99. The molecule has 0 fully saturated rings. The van der Waals surface area contributed by atoms with Gasteiger partial charge in [0.1, 0.15) is 17.0 Å². The quantitative estimate of drug-likeness (QED) is 0.665. The molecular weight excluding hydrogens is 414 g/mol. The number of fused-ring (bicyclic) bond motifs is 1. The molecule has 1 N–H and O–H groups in total. The summed E-state index contributed by atoms with van der Waals surface area (Å²) in [6.07, 6.45) is -4.49. The number of pyridine rings is 1. The summed E-state index contributed by atoms with van der Waals surface area (Å²) in [6.45, 7) is 0. The first kappa shape index (κ1) is 13.2. The third kappa shape index (κ3) is 2.45. The fraction of sp³-hybridized carbons (Fsp3) is 0.100. The van der Waals surface area contributed by atoms with E-state index >= 15 is 0 Å². The van der Waals surface area contributed by atoms with Crippen molar-refractivity contribution in [2.75, 3.05) is 0 Å². The van der Waals surface area contributed by atoms with E-state index < -0.39 is 11.9 Å². The zero-order chi connectivity index (χ0) is 11.1. The molecule has 0 atom stereocenters. The van der Waals surface area contributed by atoms with Gasteiger partial charge in [-0.2, -0.15) is 13.2 Å². The third-order valence-electron chi connectivity index (χ3n) is 1.99. The summed E-state index contributed by atoms with van der Waals surface area (Å²) in [5.74, 6) is -0.251. The summed E-state index contributed by atoms with van der Waals surface area (Å²) >= 11 is 0. The van der Waals surface area contributed by atoms with Crippen molar-refractivity contribution in [1.29, 1.82) is 0 Å². The molecule has 2 nitrogen and oxygen atoms in total. The number of alkyl halides is 3. The van der Waals surface area contributed by atoms with E-state index in [1.165, 1.54) is 12.1 Å². The van der Waals surface area contributed by atoms with Crippen LogP contribution in [0.1, 0.15) is 5.69 Å². The number of benzene rings is 1. The molecule has 0 saturated carbocycles. The maximum Gasteiger partial charge on any atom is 0.433 e. The van der Waals surface area contributed by atoms with Gasteiger partial charge in [-0.25, -0.2) is 4.98 Å². The maximum absolute atomic E-state index is 12.3. The molecule has 0 aliphatic rings. The number of para-hydroxylation sites is 1. The molecule has 0 amide bonds. The van der Waals surface area contributed by atoms with E-state index in [-0.39, 0.29) is 38.6 Å². The van der Waals surface area contributed by atoms with Crippen molar-refractivity contribution in [3.8, 4) is 5.75 Å². The van der Waals surface area contributed by atoms with E-state index in [0.717, 1.165) is 6.07 Å². The molecule has 6 heteroatoms. The number of rotatable bonds is 0. The van der Waals surface area contributed by atoms with Crippen LogP contribution in [0, 0.1) is 0 Å². The SMILES string of the molecule is Oc1cccc2ccc(C(F)(F)F)nc12.[Pb]. The Morgan fingerprint density at radius 3 is 2.38 bits per heavy atom. The molecule has 2 rings (SSSR count). The fourth-order valence-electron chi connectivity index (χ4n) is 1.29. The Bertz CT molecular complexity index is 513. The summed E-state index contributed by atoms with van der Waals surface area (Å²) < 4.78 is 36.9. The Balaban J connectivity index is 0.00000128. The molecule has 82 valence electrons. The predicted molar refractivity (Wildman–Crippen MR) is 54.2 cm³/mol. The van der Waals surface area contributed by atoms with Gasteiger partial charge in [-0.15, -0.1) is 0 Å². The molecule has 1 aromatic heterocycles. The summed E-state index contributed by atoms with van der Waals surface area (Å²) in [7, 11) is 0. The Morgan fingerprint density at radius 2 is 1.75 bits per heavy atom. The number of phenolic OH excluding ortho intramolecular Hbond substituents is 1. The van der Waals surface area contributed by atoms with E-state index in [9.17, 15) is 18.3 Å². The first-order chi connectivity index (χ1) is 6.98. The largest absolute Gasteiger partial charge is 0.506 e. The van der Waals surface area contributed by atoms with Gasteiger partial charge < -0.3 is 5.11 Å². The van der Waals surface area contributed by atoms with Crippen molar-refractivity contribution >= 4 is 38.2 Å². The average Bonchev–Trinajstić information content (AvgIpc) is 2.16. The molecule has 0 spiro atoms. The molecule has 4 radical (unpaired) electrons. The number of halogens is 3. The number of hydrogen-bond donors (Lipinski definition) is 1. The van der Waals surface area contributed by atoms with Crippen LogP contribution in [-0.2, 0) is 6.18 Å². The second kappa shape index (κ2) is 4.56. The van der Waals surface area contributed by atoms with Crippen LogP contribution in [-0.4, -0.2) is 37.4 Å². The summed E-state index contributed by atoms with van der Waals surface area (Å²) in [4.78, 5) is 3.37. The standard InChI is InChI=1S/C10H6F3NO.Pb/c11-10(12,13)8-5-4-6-2-1-3-7(15)9(6)14-8;/h1-5,15H;. The van der Waals surface area contributed by atoms with Crippen molar-refractivity contribution < 1.29 is 18.3 Å². The van der Waals surface area contributed by atoms with Gasteiger partial charge in [0, 0.05) is 32.7 Å². The van der Waals surface area contributed by atoms with Gasteiger partial charge in [0.2, 0.25) is 0 Å². The monoisotopic (exact) mass is 421 g/mol. The van der Waals surface area contributed by atoms with Crippen LogP contribution in [0.4, 0.5) is 13.2 Å². The first-order valence-corrected chi connectivity index (χ1v) is 4.14. The average molecular weight is 420 g/mol. The van der Waals surface area contributed by atoms with Crippen molar-refractivity contribution in [1.82, 2.24) is 4.98 Å². The second-order valence-electron chi connectivity index (χ2n) is 3.04. The normalized spacial score (nSPS) is 11.2. The van der Waals surface area contributed by atoms with Crippen LogP contribution in [0.3, 0.4) is 0 Å². The van der Waals surface area contributed by atoms with Crippen molar-refractivity contribution in [3.05, 3.63) is 36.0 Å². The van der Waals surface area contributed by atoms with Gasteiger partial charge in [-0.05, 0) is 12.1 Å². The molecule has 0 unspecified atom stereocenters. The molecule has 1 aromatic carbocycles. The van der Waals surface area contributed by atoms with E-state index in [0.29, 0.717) is 5.39 Å². The van der Waals surface area contributed by atoms with Gasteiger partial charge in [0.25, 0.3) is 0 Å². The van der Waals surface area contributed by atoms with Gasteiger partial charge in [-0.3, -0.25) is 0 Å². The Morgan fingerprint density at radius 1 is 1.06 bits per heavy atom. The summed E-state index contributed by atoms with van der Waals surface area (Å²) in [6, 6.07) is 6.61. The molecule has 1 heterocycles. The van der Waals surface area contributed by atoms with Crippen LogP contribution < -0.4 is 0 Å². The number of phenols is 1. The molecule has 16 heavy (non-hydrogen) atoms. The van der Waals surface area contributed by atoms with E-state index in [1.807, 2.05) is 0 Å². The molecule has 0 saturated heterocycles. The van der Waals surface area contributed by atoms with Gasteiger partial charge in [0.05, 0.1) is 0 Å². The van der Waals surface area contributed by atoms with Crippen molar-refractivity contribution in [2.45, 2.75) is 6.18 Å². The zero-order valence-electron chi connectivity index (χ0n) is 7.92. The van der Waals surface area contributed by atoms with E-state index in [1.54, 1.807) is 12.1 Å². The van der Waals surface area contributed by atoms with Crippen LogP contribution in [0.2, 0.25) is 0 Å². The van der Waals surface area contributed by atoms with Crippen LogP contribution in [0.25, 0.3) is 10.9 Å². The topological polar surface area (TPSA) is 33.1 Å². The van der Waals surface area contributed by atoms with E-state index in [2.05, 4.69) is 4.98 Å². The molecule has 2 aromatic rings. The fourth-order valence-corrected chi connectivity index (χ4v) is 1.29. The number of aromatic hydroxyl groups is 1. The minimum atomic E-state index is -4.49. The van der Waals surface area contributed by atoms with E-state index in [4.69, 9.17) is 0 Å². The zero-order valence-corrected chi connectivity index (χ0v) is 11.8. The minimum Gasteiger partial charge on any atom is -0.506 e. The van der Waals surface area contributed by atoms with Gasteiger partial charge in [0.15, 0.2) is 0 Å². The number of aromatic nitrogens is 1. The number of hydrogen-bond acceptors (Lipinski definition) is 2. The van der Waals surface area contributed by atoms with Gasteiger partial charge >= 0.3 is 6.18 Å². The Hall–Kier alpha value is -0.858. The summed E-state index contributed by atoms with van der Waals surface area (Å²) in [5, 5.41) is 9.81. The molecular formula is C10H6F3NOPb. The minimum absolute atomic E-state index is 0. The smallest absolute Gasteiger partial charge is 0.433 e. The Kier molecular flexibility index (Phi) is 3.76. The predicted octanol–water partition coefficient (Wildman–Crippen LogP) is 2.58. The maximum atomic E-state index is 12.3. The Labute approximate surface area is 109 Å². The summed E-state index contributed by atoms with van der Waals surface area (Å²) in [5.41, 5.74) is -1.04. The number of nitrogens with zero attached hydrogens (tertiary/aromatic N) is 1. The van der Waals surface area contributed by atoms with Crippen LogP contribution in [0.5, 0.6) is 5.75 Å². The van der Waals surface area contributed by atoms with Gasteiger partial charge in [-0.1, -0.05) is 18.2 Å². The van der Waals surface area contributed by atoms with Crippen LogP contribution in [0.15, 0.2) is 30.3 Å². The molecule has 0 bridgehead atoms. The van der Waals surface area contributed by atoms with Crippen molar-refractivity contribution in [3.63, 3.8) is 0 Å². The molecule has 0 aliphatic carbocycles. The second-order valence-corrected chi connectivity index (χ2v) is 3.04.